The molecule has 0 saturated heterocycles. The molecule has 0 spiro atoms. The minimum Gasteiger partial charge on any atom is -0.265 e. The molecule has 0 unspecified atom stereocenters. The molecule has 41 valence electrons. The Hall–Kier alpha value is -0.110. The van der Waals surface area contributed by atoms with Crippen LogP contribution in [0.3, 0.4) is 0 Å². The second-order valence-electron chi connectivity index (χ2n) is 1.48. The number of rotatable bonds is 1. The molecule has 1 rings (SSSR count). The van der Waals surface area contributed by atoms with E-state index in [-0.39, 0.29) is 29.6 Å². The molecule has 0 bridgehead atoms. The third-order valence-electron chi connectivity index (χ3n) is 0.942. The van der Waals surface area contributed by atoms with E-state index in [4.69, 9.17) is 0 Å². The van der Waals surface area contributed by atoms with Crippen LogP contribution in [0.25, 0.3) is 6.08 Å². The van der Waals surface area contributed by atoms with Crippen LogP contribution in [-0.2, 0) is 0 Å². The first kappa shape index (κ1) is 8.89. The van der Waals surface area contributed by atoms with Crippen LogP contribution in [0.1, 0.15) is 5.56 Å². The van der Waals surface area contributed by atoms with Crippen molar-refractivity contribution in [2.75, 3.05) is 0 Å². The Labute approximate surface area is 77.1 Å². The van der Waals surface area contributed by atoms with Gasteiger partial charge in [0.15, 0.2) is 0 Å². The Kier molecular flexibility index (Phi) is 4.68. The minimum atomic E-state index is 0. The first-order chi connectivity index (χ1) is 3.93. The van der Waals surface area contributed by atoms with E-state index in [2.05, 4.69) is 11.6 Å². The van der Waals surface area contributed by atoms with E-state index in [1.54, 1.807) is 18.5 Å². The molecule has 0 aliphatic carbocycles. The minimum absolute atomic E-state index is 0. The van der Waals surface area contributed by atoms with Crippen LogP contribution in [0, 0.1) is 0 Å². The zero-order valence-corrected chi connectivity index (χ0v) is 7.54. The van der Waals surface area contributed by atoms with Gasteiger partial charge in [0.2, 0.25) is 0 Å². The second kappa shape index (κ2) is 4.74. The average molecular weight is 128 g/mol. The monoisotopic (exact) mass is 128 g/mol. The molecule has 1 radical (unpaired) electrons. The van der Waals surface area contributed by atoms with Crippen molar-refractivity contribution in [3.8, 4) is 0 Å². The molecule has 0 aromatic carbocycles. The van der Waals surface area contributed by atoms with Crippen LogP contribution in [-0.4, -0.2) is 34.5 Å². The SMILES string of the molecule is C=Cc1ccncc1.[Na]. The summed E-state index contributed by atoms with van der Waals surface area (Å²) in [6.45, 7) is 3.60. The smallest absolute Gasteiger partial charge is 0.0273 e. The van der Waals surface area contributed by atoms with Gasteiger partial charge in [0, 0.05) is 42.0 Å². The fourth-order valence-corrected chi connectivity index (χ4v) is 0.500. The van der Waals surface area contributed by atoms with Gasteiger partial charge in [-0.3, -0.25) is 4.98 Å². The first-order valence-electron chi connectivity index (χ1n) is 2.46. The van der Waals surface area contributed by atoms with E-state index in [0.29, 0.717) is 0 Å². The Morgan fingerprint density at radius 3 is 2.22 bits per heavy atom. The third kappa shape index (κ3) is 2.80. The van der Waals surface area contributed by atoms with E-state index < -0.39 is 0 Å². The molecule has 1 aromatic heterocycles. The Balaban J connectivity index is 0.000000640. The maximum Gasteiger partial charge on any atom is 0.0273 e. The maximum absolute atomic E-state index is 3.85. The molecule has 1 aromatic rings. The molecular weight excluding hydrogens is 121 g/mol. The molecule has 0 saturated carbocycles. The van der Waals surface area contributed by atoms with Gasteiger partial charge in [-0.05, 0) is 17.7 Å². The van der Waals surface area contributed by atoms with E-state index >= 15 is 0 Å². The van der Waals surface area contributed by atoms with Gasteiger partial charge in [-0.1, -0.05) is 12.7 Å². The van der Waals surface area contributed by atoms with Crippen molar-refractivity contribution in [1.29, 1.82) is 0 Å². The van der Waals surface area contributed by atoms with E-state index in [0.717, 1.165) is 5.56 Å². The standard InChI is InChI=1S/C7H7N.Na/c1-2-7-3-5-8-6-4-7;/h2-6H,1H2;. The van der Waals surface area contributed by atoms with Crippen molar-refractivity contribution in [1.82, 2.24) is 4.98 Å². The number of pyridine rings is 1. The Morgan fingerprint density at radius 2 is 1.89 bits per heavy atom. The van der Waals surface area contributed by atoms with Crippen LogP contribution in [0.4, 0.5) is 0 Å². The number of hydrogen-bond acceptors (Lipinski definition) is 1. The van der Waals surface area contributed by atoms with E-state index in [1.165, 1.54) is 0 Å². The average Bonchev–Trinajstić information content (AvgIpc) is 1.90. The zero-order valence-electron chi connectivity index (χ0n) is 5.54. The molecule has 0 amide bonds. The number of aromatic nitrogens is 1. The van der Waals surface area contributed by atoms with Crippen LogP contribution in [0.5, 0.6) is 0 Å². The largest absolute Gasteiger partial charge is 0.265 e. The van der Waals surface area contributed by atoms with Gasteiger partial charge in [-0.2, -0.15) is 0 Å². The second-order valence-corrected chi connectivity index (χ2v) is 1.48. The van der Waals surface area contributed by atoms with Gasteiger partial charge in [0.05, 0.1) is 0 Å². The zero-order chi connectivity index (χ0) is 5.82. The first-order valence-corrected chi connectivity index (χ1v) is 2.46. The molecule has 1 nitrogen and oxygen atoms in total. The fraction of sp³-hybridized carbons (Fsp3) is 0. The summed E-state index contributed by atoms with van der Waals surface area (Å²) >= 11 is 0. The fourth-order valence-electron chi connectivity index (χ4n) is 0.500. The van der Waals surface area contributed by atoms with Gasteiger partial charge in [-0.25, -0.2) is 0 Å². The maximum atomic E-state index is 3.85. The third-order valence-corrected chi connectivity index (χ3v) is 0.942. The predicted octanol–water partition coefficient (Wildman–Crippen LogP) is 1.34. The van der Waals surface area contributed by atoms with Gasteiger partial charge in [-0.15, -0.1) is 0 Å². The summed E-state index contributed by atoms with van der Waals surface area (Å²) in [6, 6.07) is 3.82. The van der Waals surface area contributed by atoms with Crippen molar-refractivity contribution >= 4 is 35.6 Å². The van der Waals surface area contributed by atoms with Crippen molar-refractivity contribution in [2.24, 2.45) is 0 Å². The normalized spacial score (nSPS) is 7.56. The summed E-state index contributed by atoms with van der Waals surface area (Å²) in [5, 5.41) is 0. The molecule has 9 heavy (non-hydrogen) atoms. The molecule has 1 heterocycles. The number of nitrogens with zero attached hydrogens (tertiary/aromatic N) is 1. The molecule has 2 heteroatoms. The molecule has 0 atom stereocenters. The summed E-state index contributed by atoms with van der Waals surface area (Å²) in [4.78, 5) is 3.85. The molecule has 0 aliphatic rings. The number of hydrogen-bond donors (Lipinski definition) is 0. The summed E-state index contributed by atoms with van der Waals surface area (Å²) in [5.74, 6) is 0. The van der Waals surface area contributed by atoms with Crippen LogP contribution in [0.2, 0.25) is 0 Å². The molecule has 0 fully saturated rings. The Morgan fingerprint density at radius 1 is 1.33 bits per heavy atom. The summed E-state index contributed by atoms with van der Waals surface area (Å²) in [7, 11) is 0. The van der Waals surface area contributed by atoms with Gasteiger partial charge in [0.25, 0.3) is 0 Å². The molecular formula is C7H7NNa. The van der Waals surface area contributed by atoms with Crippen LogP contribution in [0.15, 0.2) is 31.1 Å². The Bertz CT molecular complexity index is 172. The molecule has 0 aliphatic heterocycles. The summed E-state index contributed by atoms with van der Waals surface area (Å²) < 4.78 is 0. The van der Waals surface area contributed by atoms with Gasteiger partial charge >= 0.3 is 0 Å². The van der Waals surface area contributed by atoms with Crippen molar-refractivity contribution in [3.05, 3.63) is 36.7 Å². The van der Waals surface area contributed by atoms with Gasteiger partial charge in [0.1, 0.15) is 0 Å². The van der Waals surface area contributed by atoms with Gasteiger partial charge < -0.3 is 0 Å². The topological polar surface area (TPSA) is 12.9 Å². The summed E-state index contributed by atoms with van der Waals surface area (Å²) in [6.07, 6.45) is 5.29. The van der Waals surface area contributed by atoms with Crippen molar-refractivity contribution in [2.45, 2.75) is 0 Å². The van der Waals surface area contributed by atoms with Crippen molar-refractivity contribution < 1.29 is 0 Å². The quantitative estimate of drug-likeness (QED) is 0.520. The van der Waals surface area contributed by atoms with E-state index in [9.17, 15) is 0 Å². The summed E-state index contributed by atoms with van der Waals surface area (Å²) in [5.41, 5.74) is 1.11. The van der Waals surface area contributed by atoms with Crippen LogP contribution >= 0.6 is 0 Å². The molecule has 0 N–H and O–H groups in total. The predicted molar refractivity (Wildman–Crippen MR) is 40.1 cm³/mol. The van der Waals surface area contributed by atoms with Crippen molar-refractivity contribution in [3.63, 3.8) is 0 Å². The van der Waals surface area contributed by atoms with Crippen LogP contribution < -0.4 is 0 Å². The van der Waals surface area contributed by atoms with E-state index in [1.807, 2.05) is 12.1 Å².